The number of fused-ring (bicyclic) bond motifs is 5. The minimum absolute atomic E-state index is 0.0871. The second kappa shape index (κ2) is 13.1. The van der Waals surface area contributed by atoms with Gasteiger partial charge in [0.05, 0.1) is 16.1 Å². The Kier molecular flexibility index (Phi) is 7.57. The number of hydrogen-bond acceptors (Lipinski definition) is 8. The highest BCUT2D eigenvalue weighted by Crippen LogP contribution is 2.47. The number of rotatable bonds is 6. The van der Waals surface area contributed by atoms with Crippen molar-refractivity contribution in [1.29, 1.82) is 0 Å². The molecule has 11 rings (SSSR count). The lowest BCUT2D eigenvalue weighted by Gasteiger charge is -2.14. The van der Waals surface area contributed by atoms with E-state index in [0.717, 1.165) is 66.5 Å². The summed E-state index contributed by atoms with van der Waals surface area (Å²) in [7, 11) is 0. The zero-order valence-electron chi connectivity index (χ0n) is 29.3. The van der Waals surface area contributed by atoms with Crippen LogP contribution in [0.3, 0.4) is 0 Å². The van der Waals surface area contributed by atoms with Crippen molar-refractivity contribution in [1.82, 2.24) is 24.9 Å². The van der Waals surface area contributed by atoms with Gasteiger partial charge in [-0.2, -0.15) is 0 Å². The summed E-state index contributed by atoms with van der Waals surface area (Å²) < 4.78 is 8.64. The smallest absolute Gasteiger partial charge is 0.204 e. The third-order valence-electron chi connectivity index (χ3n) is 10.1. The summed E-state index contributed by atoms with van der Waals surface area (Å²) in [6.45, 7) is 0. The Balaban J connectivity index is 0.958. The fraction of sp³-hybridized carbons (Fsp3) is 0.0426. The van der Waals surface area contributed by atoms with Gasteiger partial charge in [-0.05, 0) is 59.5 Å². The number of para-hydroxylation sites is 2. The topological polar surface area (TPSA) is 77.6 Å². The molecule has 0 saturated heterocycles. The molecule has 6 aromatic carbocycles. The Bertz CT molecular complexity index is 3000. The average molecular weight is 744 g/mol. The molecule has 0 radical (unpaired) electrons. The Morgan fingerprint density at radius 3 is 2.00 bits per heavy atom. The number of aromatic nitrogens is 5. The molecule has 0 fully saturated rings. The van der Waals surface area contributed by atoms with Crippen LogP contribution in [-0.4, -0.2) is 24.9 Å². The van der Waals surface area contributed by atoms with Crippen LogP contribution in [0.2, 0.25) is 0 Å². The van der Waals surface area contributed by atoms with E-state index >= 15 is 0 Å². The molecule has 260 valence electrons. The zero-order chi connectivity index (χ0) is 36.3. The summed E-state index contributed by atoms with van der Waals surface area (Å²) in [5, 5.41) is 2.23. The molecule has 0 saturated carbocycles. The highest BCUT2D eigenvalue weighted by molar-refractivity contribution is 7.21. The first-order valence-corrected chi connectivity index (χ1v) is 19.8. The monoisotopic (exact) mass is 743 g/mol. The van der Waals surface area contributed by atoms with Gasteiger partial charge in [-0.25, -0.2) is 24.9 Å². The second-order valence-electron chi connectivity index (χ2n) is 13.6. The molecule has 1 aliphatic rings. The van der Waals surface area contributed by atoms with Gasteiger partial charge >= 0.3 is 0 Å². The molecule has 4 heterocycles. The van der Waals surface area contributed by atoms with Crippen molar-refractivity contribution in [3.05, 3.63) is 168 Å². The van der Waals surface area contributed by atoms with Gasteiger partial charge in [0.2, 0.25) is 5.89 Å². The van der Waals surface area contributed by atoms with Gasteiger partial charge in [0.15, 0.2) is 23.1 Å². The van der Waals surface area contributed by atoms with E-state index in [0.29, 0.717) is 17.5 Å². The molecule has 0 aliphatic heterocycles. The molecule has 1 unspecified atom stereocenters. The maximum absolute atomic E-state index is 6.29. The van der Waals surface area contributed by atoms with E-state index in [1.807, 2.05) is 96.3 Å². The number of thiazole rings is 1. The van der Waals surface area contributed by atoms with E-state index in [9.17, 15) is 0 Å². The average Bonchev–Trinajstić information content (AvgIpc) is 3.99. The normalized spacial score (nSPS) is 13.9. The number of thiophene rings is 1. The highest BCUT2D eigenvalue weighted by Gasteiger charge is 2.28. The van der Waals surface area contributed by atoms with Crippen LogP contribution < -0.4 is 0 Å². The number of allylic oxidation sites excluding steroid dienone is 1. The van der Waals surface area contributed by atoms with Crippen molar-refractivity contribution < 1.29 is 4.42 Å². The maximum Gasteiger partial charge on any atom is 0.204 e. The lowest BCUT2D eigenvalue weighted by atomic mass is 9.92. The van der Waals surface area contributed by atoms with Gasteiger partial charge in [-0.15, -0.1) is 22.7 Å². The molecular weight excluding hydrogens is 715 g/mol. The van der Waals surface area contributed by atoms with E-state index < -0.39 is 0 Å². The molecule has 0 amide bonds. The largest absolute Gasteiger partial charge is 0.440 e. The Hall–Kier alpha value is -6.61. The van der Waals surface area contributed by atoms with Crippen LogP contribution in [0.1, 0.15) is 28.7 Å². The predicted octanol–water partition coefficient (Wildman–Crippen LogP) is 12.7. The van der Waals surface area contributed by atoms with Crippen molar-refractivity contribution in [3.63, 3.8) is 0 Å². The van der Waals surface area contributed by atoms with Crippen molar-refractivity contribution in [3.8, 4) is 55.9 Å². The van der Waals surface area contributed by atoms with E-state index in [4.69, 9.17) is 29.3 Å². The SMILES string of the molecule is C1=Cc2c(sc3c(-c4cccc(-c5nc6ccc(-c7nc(-c8ccccc8)nc(-c8ccccc8)n7)cc6s5)c4)cccc23)C(c2nc3ccccc3o2)C1. The Labute approximate surface area is 324 Å². The lowest BCUT2D eigenvalue weighted by molar-refractivity contribution is 0.502. The molecule has 6 nitrogen and oxygen atoms in total. The molecule has 0 spiro atoms. The predicted molar refractivity (Wildman–Crippen MR) is 225 cm³/mol. The van der Waals surface area contributed by atoms with Crippen LogP contribution in [0.25, 0.3) is 93.3 Å². The van der Waals surface area contributed by atoms with E-state index in [1.165, 1.54) is 26.1 Å². The van der Waals surface area contributed by atoms with Gasteiger partial charge in [0, 0.05) is 37.2 Å². The molecular formula is C47H29N5OS2. The van der Waals surface area contributed by atoms with Gasteiger partial charge in [0.25, 0.3) is 0 Å². The maximum atomic E-state index is 6.29. The minimum atomic E-state index is 0.0871. The van der Waals surface area contributed by atoms with Crippen molar-refractivity contribution >= 4 is 60.2 Å². The quantitative estimate of drug-likeness (QED) is 0.169. The number of oxazole rings is 1. The van der Waals surface area contributed by atoms with Crippen molar-refractivity contribution in [2.24, 2.45) is 0 Å². The molecule has 55 heavy (non-hydrogen) atoms. The van der Waals surface area contributed by atoms with E-state index in [1.54, 1.807) is 11.3 Å². The zero-order valence-corrected chi connectivity index (χ0v) is 30.9. The summed E-state index contributed by atoms with van der Waals surface area (Å²) in [5.74, 6) is 2.79. The number of benzene rings is 6. The molecule has 4 aromatic heterocycles. The van der Waals surface area contributed by atoms with Crippen molar-refractivity contribution in [2.45, 2.75) is 12.3 Å². The molecule has 1 aliphatic carbocycles. The van der Waals surface area contributed by atoms with Crippen LogP contribution in [0.15, 0.2) is 156 Å². The Morgan fingerprint density at radius 1 is 0.527 bits per heavy atom. The van der Waals surface area contributed by atoms with Crippen molar-refractivity contribution in [2.75, 3.05) is 0 Å². The molecule has 8 heteroatoms. The standard InChI is InChI=1S/C47H29N5OS2/c1-3-12-28(13-4-1)43-50-44(29-14-5-2-6-15-29)52-45(51-43)31-24-25-38-40(27-31)54-47(49-38)32-17-9-16-30(26-32)33-18-10-19-34-35-20-11-21-36(42(35)55-41(33)34)46-48-37-22-7-8-23-39(37)53-46/h1-20,22-27,36H,21H2. The van der Waals surface area contributed by atoms with Gasteiger partial charge < -0.3 is 4.42 Å². The molecule has 0 N–H and O–H groups in total. The third kappa shape index (κ3) is 5.66. The van der Waals surface area contributed by atoms with Crippen LogP contribution in [0.5, 0.6) is 0 Å². The highest BCUT2D eigenvalue weighted by atomic mass is 32.1. The minimum Gasteiger partial charge on any atom is -0.440 e. The lowest BCUT2D eigenvalue weighted by Crippen LogP contribution is -2.02. The first-order valence-electron chi connectivity index (χ1n) is 18.2. The van der Waals surface area contributed by atoms with E-state index in [-0.39, 0.29) is 5.92 Å². The molecule has 10 aromatic rings. The fourth-order valence-corrected chi connectivity index (χ4v) is 9.87. The summed E-state index contributed by atoms with van der Waals surface area (Å²) >= 11 is 3.54. The van der Waals surface area contributed by atoms with Gasteiger partial charge in [-0.3, -0.25) is 0 Å². The van der Waals surface area contributed by atoms with Crippen LogP contribution >= 0.6 is 22.7 Å². The van der Waals surface area contributed by atoms with Gasteiger partial charge in [-0.1, -0.05) is 121 Å². The fourth-order valence-electron chi connectivity index (χ4n) is 7.44. The summed E-state index contributed by atoms with van der Waals surface area (Å²) in [6, 6.07) is 49.8. The third-order valence-corrected chi connectivity index (χ3v) is 12.6. The first kappa shape index (κ1) is 31.9. The summed E-state index contributed by atoms with van der Waals surface area (Å²) in [6.07, 6.45) is 5.39. The van der Waals surface area contributed by atoms with Crippen LogP contribution in [-0.2, 0) is 0 Å². The summed E-state index contributed by atoms with van der Waals surface area (Å²) in [5.41, 5.74) is 10.2. The van der Waals surface area contributed by atoms with Crippen LogP contribution in [0, 0.1) is 0 Å². The number of hydrogen-bond donors (Lipinski definition) is 0. The molecule has 0 bridgehead atoms. The van der Waals surface area contributed by atoms with E-state index in [2.05, 4.69) is 72.8 Å². The van der Waals surface area contributed by atoms with Gasteiger partial charge in [0.1, 0.15) is 10.5 Å². The van der Waals surface area contributed by atoms with Crippen LogP contribution in [0.4, 0.5) is 0 Å². The first-order chi connectivity index (χ1) is 27.2. The summed E-state index contributed by atoms with van der Waals surface area (Å²) in [4.78, 5) is 26.1. The Morgan fingerprint density at radius 2 is 1.22 bits per heavy atom. The second-order valence-corrected chi connectivity index (χ2v) is 15.7. The number of nitrogens with zero attached hydrogens (tertiary/aromatic N) is 5. The molecule has 1 atom stereocenters.